The zero-order chi connectivity index (χ0) is 14.4. The highest BCUT2D eigenvalue weighted by molar-refractivity contribution is 9.10. The normalized spacial score (nSPS) is 20.1. The van der Waals surface area contributed by atoms with Crippen LogP contribution in [0.1, 0.15) is 6.42 Å². The van der Waals surface area contributed by atoms with E-state index in [2.05, 4.69) is 15.9 Å². The van der Waals surface area contributed by atoms with E-state index in [-0.39, 0.29) is 17.4 Å². The number of primary sulfonamides is 1. The third-order valence-corrected chi connectivity index (χ3v) is 4.51. The molecule has 0 aliphatic carbocycles. The fourth-order valence-electron chi connectivity index (χ4n) is 1.90. The van der Waals surface area contributed by atoms with Crippen LogP contribution in [0.3, 0.4) is 0 Å². The van der Waals surface area contributed by atoms with Gasteiger partial charge in [0.25, 0.3) is 0 Å². The first-order valence-electron chi connectivity index (χ1n) is 5.16. The summed E-state index contributed by atoms with van der Waals surface area (Å²) >= 11 is 2.92. The van der Waals surface area contributed by atoms with Gasteiger partial charge in [0, 0.05) is 17.4 Å². The molecule has 0 radical (unpaired) electrons. The minimum atomic E-state index is -3.93. The lowest BCUT2D eigenvalue weighted by Gasteiger charge is -2.18. The van der Waals surface area contributed by atoms with Crippen LogP contribution >= 0.6 is 15.9 Å². The zero-order valence-electron chi connectivity index (χ0n) is 9.44. The topological polar surface area (TPSA) is 80.5 Å². The summed E-state index contributed by atoms with van der Waals surface area (Å²) in [6.07, 6.45) is -0.381. The third kappa shape index (κ3) is 2.77. The molecule has 2 N–H and O–H groups in total. The molecule has 104 valence electrons. The number of nitrogens with two attached hydrogens (primary N) is 1. The molecule has 1 aliphatic rings. The van der Waals surface area contributed by atoms with E-state index in [4.69, 9.17) is 5.14 Å². The standard InChI is InChI=1S/C10H9BrF2N2O3S/c11-5-1-7(12)10(8(13)2-5)15-4-6(3-9(15)16)19(14,17)18/h1-2,6H,3-4H2,(H2,14,17,18). The maximum Gasteiger partial charge on any atom is 0.228 e. The Morgan fingerprint density at radius 3 is 2.26 bits per heavy atom. The molecule has 0 bridgehead atoms. The lowest BCUT2D eigenvalue weighted by Crippen LogP contribution is -2.32. The van der Waals surface area contributed by atoms with Gasteiger partial charge in [0.05, 0.1) is 0 Å². The van der Waals surface area contributed by atoms with Crippen molar-refractivity contribution in [2.45, 2.75) is 11.7 Å². The number of nitrogens with zero attached hydrogens (tertiary/aromatic N) is 1. The van der Waals surface area contributed by atoms with Crippen LogP contribution in [-0.4, -0.2) is 26.1 Å². The summed E-state index contributed by atoms with van der Waals surface area (Å²) in [5.74, 6) is -2.58. The van der Waals surface area contributed by atoms with Crippen LogP contribution in [0.4, 0.5) is 14.5 Å². The summed E-state index contributed by atoms with van der Waals surface area (Å²) < 4.78 is 50.0. The maximum atomic E-state index is 13.7. The lowest BCUT2D eigenvalue weighted by atomic mass is 10.2. The molecule has 9 heteroatoms. The van der Waals surface area contributed by atoms with Crippen LogP contribution < -0.4 is 10.0 Å². The van der Waals surface area contributed by atoms with Crippen LogP contribution in [0.5, 0.6) is 0 Å². The molecule has 0 saturated carbocycles. The Labute approximate surface area is 116 Å². The van der Waals surface area contributed by atoms with Gasteiger partial charge in [0.1, 0.15) is 10.9 Å². The van der Waals surface area contributed by atoms with Gasteiger partial charge in [-0.3, -0.25) is 4.79 Å². The molecule has 0 aromatic heterocycles. The Bertz CT molecular complexity index is 627. The molecule has 1 unspecified atom stereocenters. The summed E-state index contributed by atoms with van der Waals surface area (Å²) in [6, 6.07) is 1.99. The second kappa shape index (κ2) is 4.80. The minimum absolute atomic E-state index is 0.181. The minimum Gasteiger partial charge on any atom is -0.306 e. The number of sulfonamides is 1. The second-order valence-corrected chi connectivity index (χ2v) is 6.90. The summed E-state index contributed by atoms with van der Waals surface area (Å²) in [5, 5.41) is 3.79. The Hall–Kier alpha value is -1.06. The van der Waals surface area contributed by atoms with E-state index in [1.54, 1.807) is 0 Å². The number of hydrogen-bond donors (Lipinski definition) is 1. The van der Waals surface area contributed by atoms with Crippen molar-refractivity contribution < 1.29 is 22.0 Å². The molecular weight excluding hydrogens is 346 g/mol. The van der Waals surface area contributed by atoms with E-state index >= 15 is 0 Å². The van der Waals surface area contributed by atoms with E-state index in [0.717, 1.165) is 17.0 Å². The van der Waals surface area contributed by atoms with Crippen LogP contribution in [0.15, 0.2) is 16.6 Å². The van der Waals surface area contributed by atoms with Gasteiger partial charge in [0.15, 0.2) is 11.6 Å². The van der Waals surface area contributed by atoms with E-state index in [9.17, 15) is 22.0 Å². The van der Waals surface area contributed by atoms with E-state index in [1.807, 2.05) is 0 Å². The van der Waals surface area contributed by atoms with Crippen molar-refractivity contribution in [1.82, 2.24) is 0 Å². The number of carbonyl (C=O) groups is 1. The highest BCUT2D eigenvalue weighted by atomic mass is 79.9. The molecule has 1 fully saturated rings. The average molecular weight is 355 g/mol. The van der Waals surface area contributed by atoms with Crippen molar-refractivity contribution in [1.29, 1.82) is 0 Å². The van der Waals surface area contributed by atoms with Gasteiger partial charge in [-0.25, -0.2) is 22.3 Å². The third-order valence-electron chi connectivity index (χ3n) is 2.81. The van der Waals surface area contributed by atoms with Crippen LogP contribution in [-0.2, 0) is 14.8 Å². The SMILES string of the molecule is NS(=O)(=O)C1CC(=O)N(c2c(F)cc(Br)cc2F)C1. The summed E-state index contributed by atoms with van der Waals surface area (Å²) in [4.78, 5) is 12.5. The number of anilines is 1. The number of amides is 1. The van der Waals surface area contributed by atoms with E-state index < -0.39 is 38.5 Å². The fourth-order valence-corrected chi connectivity index (χ4v) is 3.04. The van der Waals surface area contributed by atoms with Crippen LogP contribution in [0.25, 0.3) is 0 Å². The van der Waals surface area contributed by atoms with Gasteiger partial charge in [-0.05, 0) is 12.1 Å². The van der Waals surface area contributed by atoms with Crippen LogP contribution in [0.2, 0.25) is 0 Å². The van der Waals surface area contributed by atoms with Crippen molar-refractivity contribution in [2.75, 3.05) is 11.4 Å². The number of carbonyl (C=O) groups excluding carboxylic acids is 1. The first-order valence-corrected chi connectivity index (χ1v) is 7.57. The van der Waals surface area contributed by atoms with Gasteiger partial charge < -0.3 is 4.90 Å². The molecule has 1 aliphatic heterocycles. The highest BCUT2D eigenvalue weighted by Gasteiger charge is 2.39. The largest absolute Gasteiger partial charge is 0.306 e. The van der Waals surface area contributed by atoms with Gasteiger partial charge in [-0.15, -0.1) is 0 Å². The number of hydrogen-bond acceptors (Lipinski definition) is 3. The van der Waals surface area contributed by atoms with Gasteiger partial charge >= 0.3 is 0 Å². The summed E-state index contributed by atoms with van der Waals surface area (Å²) in [7, 11) is -3.93. The monoisotopic (exact) mass is 354 g/mol. The van der Waals surface area contributed by atoms with E-state index in [0.29, 0.717) is 0 Å². The number of benzene rings is 1. The quantitative estimate of drug-likeness (QED) is 0.864. The molecule has 0 spiro atoms. The van der Waals surface area contributed by atoms with Gasteiger partial charge in [-0.2, -0.15) is 0 Å². The number of rotatable bonds is 2. The van der Waals surface area contributed by atoms with Crippen LogP contribution in [0, 0.1) is 11.6 Å². The molecule has 1 amide bonds. The molecule has 1 saturated heterocycles. The predicted molar refractivity (Wildman–Crippen MR) is 67.9 cm³/mol. The first kappa shape index (κ1) is 14.4. The Balaban J connectivity index is 2.42. The fraction of sp³-hybridized carbons (Fsp3) is 0.300. The first-order chi connectivity index (χ1) is 8.70. The van der Waals surface area contributed by atoms with Gasteiger partial charge in [0.2, 0.25) is 15.9 Å². The maximum absolute atomic E-state index is 13.7. The molecule has 1 atom stereocenters. The zero-order valence-corrected chi connectivity index (χ0v) is 11.8. The molecule has 19 heavy (non-hydrogen) atoms. The Morgan fingerprint density at radius 2 is 1.84 bits per heavy atom. The summed E-state index contributed by atoms with van der Waals surface area (Å²) in [5.41, 5.74) is -0.556. The molecule has 5 nitrogen and oxygen atoms in total. The molecule has 1 aromatic rings. The molecule has 1 heterocycles. The Morgan fingerprint density at radius 1 is 1.32 bits per heavy atom. The van der Waals surface area contributed by atoms with Crippen molar-refractivity contribution in [3.05, 3.63) is 28.2 Å². The Kier molecular flexibility index (Phi) is 3.63. The van der Waals surface area contributed by atoms with Gasteiger partial charge in [-0.1, -0.05) is 15.9 Å². The second-order valence-electron chi connectivity index (χ2n) is 4.14. The summed E-state index contributed by atoms with van der Waals surface area (Å²) in [6.45, 7) is -0.354. The predicted octanol–water partition coefficient (Wildman–Crippen LogP) is 1.12. The average Bonchev–Trinajstić information content (AvgIpc) is 2.59. The highest BCUT2D eigenvalue weighted by Crippen LogP contribution is 2.31. The van der Waals surface area contributed by atoms with Crippen molar-refractivity contribution in [2.24, 2.45) is 5.14 Å². The molecule has 2 rings (SSSR count). The van der Waals surface area contributed by atoms with E-state index in [1.165, 1.54) is 0 Å². The van der Waals surface area contributed by atoms with Crippen molar-refractivity contribution in [3.63, 3.8) is 0 Å². The smallest absolute Gasteiger partial charge is 0.228 e. The van der Waals surface area contributed by atoms with Crippen molar-refractivity contribution >= 4 is 37.5 Å². The van der Waals surface area contributed by atoms with Crippen molar-refractivity contribution in [3.8, 4) is 0 Å². The molecule has 1 aromatic carbocycles. The number of halogens is 3. The molecular formula is C10H9BrF2N2O3S. The lowest BCUT2D eigenvalue weighted by molar-refractivity contribution is -0.117.